The van der Waals surface area contributed by atoms with Crippen LogP contribution in [0, 0.1) is 5.92 Å². The molecule has 9 nitrogen and oxygen atoms in total. The Bertz CT molecular complexity index is 1070. The lowest BCUT2D eigenvalue weighted by molar-refractivity contribution is -0.122. The number of hydrogen-bond acceptors (Lipinski definition) is 5. The van der Waals surface area contributed by atoms with Crippen LogP contribution in [-0.4, -0.2) is 51.5 Å². The lowest BCUT2D eigenvalue weighted by Crippen LogP contribution is -2.40. The van der Waals surface area contributed by atoms with Gasteiger partial charge in [-0.1, -0.05) is 37.3 Å². The van der Waals surface area contributed by atoms with E-state index >= 15 is 0 Å². The fourth-order valence-electron chi connectivity index (χ4n) is 4.60. The molecule has 184 valence electrons. The van der Waals surface area contributed by atoms with E-state index in [9.17, 15) is 19.5 Å². The van der Waals surface area contributed by atoms with Gasteiger partial charge in [-0.25, -0.2) is 4.79 Å². The fraction of sp³-hybridized carbons (Fsp3) is 0.542. The molecule has 1 aromatic carbocycles. The van der Waals surface area contributed by atoms with Crippen molar-refractivity contribution >= 4 is 23.4 Å². The Morgan fingerprint density at radius 3 is 2.62 bits per heavy atom. The summed E-state index contributed by atoms with van der Waals surface area (Å²) in [6, 6.07) is 4.65. The average Bonchev–Trinajstić information content (AvgIpc) is 3.34. The zero-order valence-corrected chi connectivity index (χ0v) is 19.8. The highest BCUT2D eigenvalue weighted by Gasteiger charge is 2.24. The third-order valence-electron chi connectivity index (χ3n) is 6.55. The number of rotatable bonds is 7. The number of nitrogens with zero attached hydrogens (tertiary/aromatic N) is 2. The first-order valence-electron chi connectivity index (χ1n) is 11.9. The predicted molar refractivity (Wildman–Crippen MR) is 127 cm³/mol. The van der Waals surface area contributed by atoms with Crippen molar-refractivity contribution in [2.45, 2.75) is 63.8 Å². The van der Waals surface area contributed by atoms with Crippen LogP contribution >= 0.6 is 11.6 Å². The molecule has 1 aliphatic carbocycles. The van der Waals surface area contributed by atoms with Crippen LogP contribution in [0.1, 0.15) is 55.3 Å². The van der Waals surface area contributed by atoms with Gasteiger partial charge < -0.3 is 20.5 Å². The highest BCUT2D eigenvalue weighted by atomic mass is 35.5. The van der Waals surface area contributed by atoms with Crippen molar-refractivity contribution in [1.29, 1.82) is 0 Å². The van der Waals surface area contributed by atoms with Gasteiger partial charge in [0.25, 0.3) is 5.91 Å². The number of aliphatic hydroxyl groups excluding tert-OH is 1. The van der Waals surface area contributed by atoms with E-state index in [1.165, 1.54) is 21.4 Å². The lowest BCUT2D eigenvalue weighted by Gasteiger charge is -2.22. The van der Waals surface area contributed by atoms with Crippen LogP contribution in [0.2, 0.25) is 5.02 Å². The zero-order chi connectivity index (χ0) is 24.1. The number of imidazole rings is 1. The first kappa shape index (κ1) is 24.5. The standard InChI is InChI=1S/C24H31ClN4O5/c25-20-8-7-18(13-19(20)23(32)27-22(31)16-5-3-1-2-4-6-16)29-11-10-28(24(29)33)14-21(30)26-17-9-12-34-15-17/h7-8,10-11,13,16-17,22,31H,1-6,9,12,14-15H2,(H,26,30)(H,27,32). The van der Waals surface area contributed by atoms with Crippen LogP contribution in [0.15, 0.2) is 35.4 Å². The third-order valence-corrected chi connectivity index (χ3v) is 6.88. The first-order valence-corrected chi connectivity index (χ1v) is 12.2. The molecular weight excluding hydrogens is 460 g/mol. The lowest BCUT2D eigenvalue weighted by atomic mass is 9.98. The van der Waals surface area contributed by atoms with Gasteiger partial charge in [0.2, 0.25) is 5.91 Å². The minimum absolute atomic E-state index is 0.0204. The molecule has 34 heavy (non-hydrogen) atoms. The van der Waals surface area contributed by atoms with Crippen LogP contribution in [0.3, 0.4) is 0 Å². The van der Waals surface area contributed by atoms with Gasteiger partial charge in [-0.15, -0.1) is 0 Å². The smallest absolute Gasteiger partial charge is 0.333 e. The minimum atomic E-state index is -0.946. The van der Waals surface area contributed by atoms with E-state index in [0.29, 0.717) is 18.9 Å². The van der Waals surface area contributed by atoms with Gasteiger partial charge in [0.05, 0.1) is 28.9 Å². The number of halogens is 1. The quantitative estimate of drug-likeness (QED) is 0.406. The molecule has 2 fully saturated rings. The van der Waals surface area contributed by atoms with Gasteiger partial charge >= 0.3 is 5.69 Å². The third kappa shape index (κ3) is 5.89. The van der Waals surface area contributed by atoms with Crippen molar-refractivity contribution in [1.82, 2.24) is 19.8 Å². The topological polar surface area (TPSA) is 115 Å². The molecule has 3 N–H and O–H groups in total. The van der Waals surface area contributed by atoms with Crippen molar-refractivity contribution in [2.24, 2.45) is 5.92 Å². The number of ether oxygens (including phenoxy) is 1. The van der Waals surface area contributed by atoms with E-state index in [1.807, 2.05) is 0 Å². The summed E-state index contributed by atoms with van der Waals surface area (Å²) in [7, 11) is 0. The Balaban J connectivity index is 1.45. The number of carbonyl (C=O) groups is 2. The summed E-state index contributed by atoms with van der Waals surface area (Å²) >= 11 is 6.27. The van der Waals surface area contributed by atoms with Crippen LogP contribution in [-0.2, 0) is 16.1 Å². The predicted octanol–water partition coefficient (Wildman–Crippen LogP) is 2.22. The number of carbonyl (C=O) groups excluding carboxylic acids is 2. The maximum Gasteiger partial charge on any atom is 0.333 e. The molecule has 10 heteroatoms. The van der Waals surface area contributed by atoms with Crippen molar-refractivity contribution in [2.75, 3.05) is 13.2 Å². The highest BCUT2D eigenvalue weighted by molar-refractivity contribution is 6.33. The monoisotopic (exact) mass is 490 g/mol. The molecule has 1 aromatic heterocycles. The molecule has 2 aromatic rings. The molecule has 0 spiro atoms. The van der Waals surface area contributed by atoms with E-state index in [1.54, 1.807) is 18.3 Å². The van der Waals surface area contributed by atoms with Gasteiger partial charge in [0.1, 0.15) is 12.8 Å². The SMILES string of the molecule is O=C(Cn1ccn(-c2ccc(Cl)c(C(=O)NC(O)C3CCCCCC3)c2)c1=O)NC1CCOC1. The van der Waals surface area contributed by atoms with E-state index in [-0.39, 0.29) is 35.0 Å². The Morgan fingerprint density at radius 1 is 1.15 bits per heavy atom. The minimum Gasteiger partial charge on any atom is -0.379 e. The first-order chi connectivity index (χ1) is 16.4. The number of aliphatic hydroxyl groups is 1. The van der Waals surface area contributed by atoms with Crippen molar-refractivity contribution in [3.63, 3.8) is 0 Å². The summed E-state index contributed by atoms with van der Waals surface area (Å²) in [5.41, 5.74) is 0.197. The number of hydrogen-bond donors (Lipinski definition) is 3. The number of amides is 2. The van der Waals surface area contributed by atoms with Gasteiger partial charge in [0.15, 0.2) is 0 Å². The molecule has 1 saturated carbocycles. The molecule has 2 aliphatic rings. The second-order valence-electron chi connectivity index (χ2n) is 9.04. The molecular formula is C24H31ClN4O5. The van der Waals surface area contributed by atoms with Crippen LogP contribution < -0.4 is 16.3 Å². The maximum atomic E-state index is 12.9. The van der Waals surface area contributed by atoms with E-state index in [2.05, 4.69) is 10.6 Å². The van der Waals surface area contributed by atoms with Gasteiger partial charge in [0, 0.05) is 24.9 Å². The van der Waals surface area contributed by atoms with Gasteiger partial charge in [-0.2, -0.15) is 0 Å². The second kappa shape index (κ2) is 11.2. The molecule has 1 aliphatic heterocycles. The molecule has 1 saturated heterocycles. The molecule has 2 amide bonds. The summed E-state index contributed by atoms with van der Waals surface area (Å²) in [5, 5.41) is 16.3. The number of benzene rings is 1. The van der Waals surface area contributed by atoms with Crippen molar-refractivity contribution < 1.29 is 19.4 Å². The molecule has 2 atom stereocenters. The average molecular weight is 491 g/mol. The summed E-state index contributed by atoms with van der Waals surface area (Å²) in [6.07, 6.45) is 9.01. The normalized spacial score (nSPS) is 20.0. The molecule has 4 rings (SSSR count). The van der Waals surface area contributed by atoms with E-state index in [0.717, 1.165) is 44.9 Å². The summed E-state index contributed by atoms with van der Waals surface area (Å²) in [4.78, 5) is 38.0. The molecule has 2 unspecified atom stereocenters. The van der Waals surface area contributed by atoms with Gasteiger partial charge in [-0.05, 0) is 37.5 Å². The highest BCUT2D eigenvalue weighted by Crippen LogP contribution is 2.25. The van der Waals surface area contributed by atoms with Crippen LogP contribution in [0.5, 0.6) is 0 Å². The maximum absolute atomic E-state index is 12.9. The zero-order valence-electron chi connectivity index (χ0n) is 19.0. The summed E-state index contributed by atoms with van der Waals surface area (Å²) in [5.74, 6) is -0.736. The largest absolute Gasteiger partial charge is 0.379 e. The van der Waals surface area contributed by atoms with Crippen molar-refractivity contribution in [3.8, 4) is 5.69 Å². The number of aromatic nitrogens is 2. The van der Waals surface area contributed by atoms with Crippen LogP contribution in [0.4, 0.5) is 0 Å². The molecule has 2 heterocycles. The van der Waals surface area contributed by atoms with Gasteiger partial charge in [-0.3, -0.25) is 18.7 Å². The van der Waals surface area contributed by atoms with E-state index in [4.69, 9.17) is 16.3 Å². The molecule has 0 radical (unpaired) electrons. The van der Waals surface area contributed by atoms with Crippen LogP contribution in [0.25, 0.3) is 5.69 Å². The fourth-order valence-corrected chi connectivity index (χ4v) is 4.80. The van der Waals surface area contributed by atoms with E-state index < -0.39 is 17.8 Å². The Hall–Kier alpha value is -2.62. The Morgan fingerprint density at radius 2 is 1.91 bits per heavy atom. The Labute approximate surface area is 203 Å². The molecule has 0 bridgehead atoms. The summed E-state index contributed by atoms with van der Waals surface area (Å²) in [6.45, 7) is 0.981. The summed E-state index contributed by atoms with van der Waals surface area (Å²) < 4.78 is 7.90. The Kier molecular flexibility index (Phi) is 8.07. The van der Waals surface area contributed by atoms with Crippen molar-refractivity contribution in [3.05, 3.63) is 51.7 Å². The second-order valence-corrected chi connectivity index (χ2v) is 9.45. The number of nitrogens with one attached hydrogen (secondary N) is 2.